The Morgan fingerprint density at radius 1 is 1.37 bits per heavy atom. The highest BCUT2D eigenvalue weighted by molar-refractivity contribution is 7.90. The Labute approximate surface area is 110 Å². The highest BCUT2D eigenvalue weighted by Gasteiger charge is 2.40. The molecule has 1 aromatic rings. The molecule has 1 heterocycles. The number of rotatable bonds is 3. The van der Waals surface area contributed by atoms with Gasteiger partial charge in [0.2, 0.25) is 5.91 Å². The smallest absolute Gasteiger partial charge is 0.270 e. The summed E-state index contributed by atoms with van der Waals surface area (Å²) >= 11 is 0. The standard InChI is InChI=1S/C12H12N2O4S/c1-8(2)11(15)13-7-14-12(16)9-5-3-4-6-10(9)19(14,17)18/h3-6H,1,7H2,2H3,(H,13,15). The normalized spacial score (nSPS) is 16.1. The van der Waals surface area contributed by atoms with Crippen molar-refractivity contribution in [2.75, 3.05) is 6.67 Å². The van der Waals surface area contributed by atoms with E-state index in [2.05, 4.69) is 11.9 Å². The lowest BCUT2D eigenvalue weighted by Crippen LogP contribution is -2.41. The van der Waals surface area contributed by atoms with E-state index < -0.39 is 28.5 Å². The molecule has 0 radical (unpaired) electrons. The number of nitrogens with zero attached hydrogens (tertiary/aromatic N) is 1. The third-order valence-corrected chi connectivity index (χ3v) is 4.47. The first-order valence-corrected chi connectivity index (χ1v) is 6.89. The van der Waals surface area contributed by atoms with E-state index in [1.165, 1.54) is 19.1 Å². The third-order valence-electron chi connectivity index (χ3n) is 2.68. The first-order chi connectivity index (χ1) is 8.85. The van der Waals surface area contributed by atoms with Gasteiger partial charge in [0.25, 0.3) is 15.9 Å². The van der Waals surface area contributed by atoms with Crippen molar-refractivity contribution in [2.24, 2.45) is 0 Å². The van der Waals surface area contributed by atoms with Gasteiger partial charge < -0.3 is 5.32 Å². The van der Waals surface area contributed by atoms with Gasteiger partial charge in [0, 0.05) is 5.57 Å². The van der Waals surface area contributed by atoms with E-state index in [1.807, 2.05) is 0 Å². The second-order valence-electron chi connectivity index (χ2n) is 4.10. The lowest BCUT2D eigenvalue weighted by molar-refractivity contribution is -0.117. The summed E-state index contributed by atoms with van der Waals surface area (Å²) in [4.78, 5) is 23.3. The third kappa shape index (κ3) is 2.12. The molecule has 0 unspecified atom stereocenters. The van der Waals surface area contributed by atoms with Gasteiger partial charge in [-0.1, -0.05) is 18.7 Å². The average molecular weight is 280 g/mol. The van der Waals surface area contributed by atoms with E-state index in [0.717, 1.165) is 0 Å². The van der Waals surface area contributed by atoms with Gasteiger partial charge in [-0.2, -0.15) is 0 Å². The van der Waals surface area contributed by atoms with Crippen molar-refractivity contribution < 1.29 is 18.0 Å². The molecule has 2 amide bonds. The SMILES string of the molecule is C=C(C)C(=O)NCN1C(=O)c2ccccc2S1(=O)=O. The van der Waals surface area contributed by atoms with Crippen molar-refractivity contribution in [2.45, 2.75) is 11.8 Å². The zero-order valence-electron chi connectivity index (χ0n) is 10.2. The van der Waals surface area contributed by atoms with Gasteiger partial charge in [-0.15, -0.1) is 0 Å². The number of benzene rings is 1. The Kier molecular flexibility index (Phi) is 3.15. The number of carbonyl (C=O) groups is 2. The Balaban J connectivity index is 2.28. The van der Waals surface area contributed by atoms with E-state index in [-0.39, 0.29) is 16.0 Å². The maximum Gasteiger partial charge on any atom is 0.270 e. The zero-order chi connectivity index (χ0) is 14.2. The molecule has 0 saturated carbocycles. The minimum atomic E-state index is -3.88. The molecule has 0 saturated heterocycles. The van der Waals surface area contributed by atoms with E-state index >= 15 is 0 Å². The largest absolute Gasteiger partial charge is 0.334 e. The molecule has 1 aromatic carbocycles. The van der Waals surface area contributed by atoms with Crippen LogP contribution in [0.2, 0.25) is 0 Å². The van der Waals surface area contributed by atoms with Gasteiger partial charge in [0.1, 0.15) is 11.6 Å². The molecule has 0 bridgehead atoms. The first kappa shape index (κ1) is 13.3. The van der Waals surface area contributed by atoms with E-state index in [0.29, 0.717) is 4.31 Å². The van der Waals surface area contributed by atoms with Crippen molar-refractivity contribution in [3.63, 3.8) is 0 Å². The number of sulfonamides is 1. The van der Waals surface area contributed by atoms with Gasteiger partial charge in [-0.05, 0) is 19.1 Å². The number of carbonyl (C=O) groups excluding carboxylic acids is 2. The number of hydrogen-bond donors (Lipinski definition) is 1. The molecule has 0 aromatic heterocycles. The van der Waals surface area contributed by atoms with Crippen LogP contribution in [0.4, 0.5) is 0 Å². The van der Waals surface area contributed by atoms with Crippen LogP contribution >= 0.6 is 0 Å². The molecular formula is C12H12N2O4S. The van der Waals surface area contributed by atoms with Crippen LogP contribution in [0.1, 0.15) is 17.3 Å². The number of fused-ring (bicyclic) bond motifs is 1. The fraction of sp³-hybridized carbons (Fsp3) is 0.167. The van der Waals surface area contributed by atoms with Crippen molar-refractivity contribution in [1.82, 2.24) is 9.62 Å². The molecule has 1 aliphatic heterocycles. The highest BCUT2D eigenvalue weighted by atomic mass is 32.2. The quantitative estimate of drug-likeness (QED) is 0.816. The summed E-state index contributed by atoms with van der Waals surface area (Å²) in [5.74, 6) is -1.14. The molecule has 0 atom stereocenters. The van der Waals surface area contributed by atoms with Gasteiger partial charge in [0.15, 0.2) is 0 Å². The second kappa shape index (κ2) is 4.51. The zero-order valence-corrected chi connectivity index (χ0v) is 11.0. The Morgan fingerprint density at radius 3 is 2.58 bits per heavy atom. The van der Waals surface area contributed by atoms with Crippen LogP contribution in [0.3, 0.4) is 0 Å². The summed E-state index contributed by atoms with van der Waals surface area (Å²) in [5, 5.41) is 2.33. The summed E-state index contributed by atoms with van der Waals surface area (Å²) in [5.41, 5.74) is 0.355. The summed E-state index contributed by atoms with van der Waals surface area (Å²) in [6.45, 7) is 4.52. The summed E-state index contributed by atoms with van der Waals surface area (Å²) in [6, 6.07) is 5.93. The van der Waals surface area contributed by atoms with Crippen LogP contribution in [0.5, 0.6) is 0 Å². The second-order valence-corrected chi connectivity index (χ2v) is 5.93. The first-order valence-electron chi connectivity index (χ1n) is 5.45. The maximum atomic E-state index is 12.1. The number of hydrogen-bond acceptors (Lipinski definition) is 4. The van der Waals surface area contributed by atoms with Crippen molar-refractivity contribution in [1.29, 1.82) is 0 Å². The summed E-state index contributed by atoms with van der Waals surface area (Å²) < 4.78 is 24.9. The van der Waals surface area contributed by atoms with E-state index in [1.54, 1.807) is 12.1 Å². The monoisotopic (exact) mass is 280 g/mol. The highest BCUT2D eigenvalue weighted by Crippen LogP contribution is 2.28. The minimum Gasteiger partial charge on any atom is -0.334 e. The van der Waals surface area contributed by atoms with E-state index in [4.69, 9.17) is 0 Å². The van der Waals surface area contributed by atoms with Crippen LogP contribution in [0, 0.1) is 0 Å². The predicted octanol–water partition coefficient (Wildman–Crippen LogP) is 0.481. The van der Waals surface area contributed by atoms with Gasteiger partial charge in [-0.3, -0.25) is 9.59 Å². The Hall–Kier alpha value is -2.15. The predicted molar refractivity (Wildman–Crippen MR) is 67.6 cm³/mol. The van der Waals surface area contributed by atoms with E-state index in [9.17, 15) is 18.0 Å². The van der Waals surface area contributed by atoms with Crippen LogP contribution in [-0.4, -0.2) is 31.2 Å². The molecule has 6 nitrogen and oxygen atoms in total. The average Bonchev–Trinajstić information content (AvgIpc) is 2.56. The van der Waals surface area contributed by atoms with Crippen LogP contribution in [0.25, 0.3) is 0 Å². The van der Waals surface area contributed by atoms with Gasteiger partial charge in [0.05, 0.1) is 5.56 Å². The minimum absolute atomic E-state index is 0.0374. The summed E-state index contributed by atoms with van der Waals surface area (Å²) in [7, 11) is -3.88. The van der Waals surface area contributed by atoms with Gasteiger partial charge >= 0.3 is 0 Å². The molecule has 100 valence electrons. The molecule has 19 heavy (non-hydrogen) atoms. The number of amides is 2. The van der Waals surface area contributed by atoms with Crippen LogP contribution < -0.4 is 5.32 Å². The molecular weight excluding hydrogens is 268 g/mol. The Bertz CT molecular complexity index is 679. The van der Waals surface area contributed by atoms with Crippen molar-refractivity contribution >= 4 is 21.8 Å². The molecule has 1 aliphatic rings. The van der Waals surface area contributed by atoms with Crippen molar-refractivity contribution in [3.8, 4) is 0 Å². The lowest BCUT2D eigenvalue weighted by Gasteiger charge is -2.15. The van der Waals surface area contributed by atoms with Gasteiger partial charge in [-0.25, -0.2) is 12.7 Å². The van der Waals surface area contributed by atoms with Crippen molar-refractivity contribution in [3.05, 3.63) is 42.0 Å². The maximum absolute atomic E-state index is 12.1. The fourth-order valence-corrected chi connectivity index (χ4v) is 3.15. The molecule has 0 spiro atoms. The Morgan fingerprint density at radius 2 is 2.00 bits per heavy atom. The van der Waals surface area contributed by atoms with Crippen LogP contribution in [-0.2, 0) is 14.8 Å². The molecule has 2 rings (SSSR count). The lowest BCUT2D eigenvalue weighted by atomic mass is 10.2. The fourth-order valence-electron chi connectivity index (χ4n) is 1.68. The number of nitrogens with one attached hydrogen (secondary N) is 1. The molecule has 1 N–H and O–H groups in total. The summed E-state index contributed by atoms with van der Waals surface area (Å²) in [6.07, 6.45) is 0. The molecule has 0 fully saturated rings. The van der Waals surface area contributed by atoms with Crippen LogP contribution in [0.15, 0.2) is 41.3 Å². The topological polar surface area (TPSA) is 83.6 Å². The molecule has 7 heteroatoms. The molecule has 0 aliphatic carbocycles.